The first-order valence-electron chi connectivity index (χ1n) is 6.73. The van der Waals surface area contributed by atoms with Crippen LogP contribution in [-0.2, 0) is 0 Å². The number of anilines is 1. The Bertz CT molecular complexity index is 476. The number of nitro benzene ring substituents is 1. The zero-order valence-electron chi connectivity index (χ0n) is 11.5. The van der Waals surface area contributed by atoms with E-state index in [9.17, 15) is 10.1 Å². The predicted octanol–water partition coefficient (Wildman–Crippen LogP) is 2.47. The lowest BCUT2D eigenvalue weighted by molar-refractivity contribution is -0.384. The van der Waals surface area contributed by atoms with Crippen molar-refractivity contribution in [2.75, 3.05) is 18.5 Å². The maximum absolute atomic E-state index is 11.3. The molecule has 0 bridgehead atoms. The summed E-state index contributed by atoms with van der Waals surface area (Å²) >= 11 is 0. The van der Waals surface area contributed by atoms with Gasteiger partial charge in [-0.05, 0) is 38.3 Å². The summed E-state index contributed by atoms with van der Waals surface area (Å²) in [6.07, 6.45) is 3.32. The number of rotatable bonds is 4. The Morgan fingerprint density at radius 2 is 2.21 bits per heavy atom. The summed E-state index contributed by atoms with van der Waals surface area (Å²) in [6.45, 7) is 2.43. The van der Waals surface area contributed by atoms with Crippen LogP contribution in [0.1, 0.15) is 24.8 Å². The second kappa shape index (κ2) is 5.57. The Balaban J connectivity index is 2.36. The van der Waals surface area contributed by atoms with Gasteiger partial charge in [-0.15, -0.1) is 0 Å². The van der Waals surface area contributed by atoms with Crippen LogP contribution < -0.4 is 10.6 Å². The van der Waals surface area contributed by atoms with E-state index in [2.05, 4.69) is 4.90 Å². The fourth-order valence-corrected chi connectivity index (χ4v) is 3.15. The van der Waals surface area contributed by atoms with E-state index >= 15 is 0 Å². The van der Waals surface area contributed by atoms with E-state index in [0.29, 0.717) is 29.8 Å². The van der Waals surface area contributed by atoms with Gasteiger partial charge in [-0.25, -0.2) is 0 Å². The van der Waals surface area contributed by atoms with Crippen LogP contribution >= 0.6 is 0 Å². The van der Waals surface area contributed by atoms with Crippen LogP contribution in [0.15, 0.2) is 18.2 Å². The fraction of sp³-hybridized carbons (Fsp3) is 0.571. The molecule has 0 saturated heterocycles. The molecule has 0 heterocycles. The van der Waals surface area contributed by atoms with Crippen LogP contribution in [0.25, 0.3) is 0 Å². The van der Waals surface area contributed by atoms with Crippen LogP contribution in [0, 0.1) is 23.0 Å². The van der Waals surface area contributed by atoms with Gasteiger partial charge in [0.2, 0.25) is 0 Å². The van der Waals surface area contributed by atoms with Crippen molar-refractivity contribution in [1.82, 2.24) is 0 Å². The third-order valence-corrected chi connectivity index (χ3v) is 4.20. The quantitative estimate of drug-likeness (QED) is 0.669. The van der Waals surface area contributed by atoms with Gasteiger partial charge in [0, 0.05) is 18.7 Å². The van der Waals surface area contributed by atoms with E-state index in [4.69, 9.17) is 5.73 Å². The second-order valence-corrected chi connectivity index (χ2v) is 5.30. The van der Waals surface area contributed by atoms with Crippen LogP contribution in [0.2, 0.25) is 0 Å². The maximum Gasteiger partial charge on any atom is 0.295 e. The van der Waals surface area contributed by atoms with Crippen molar-refractivity contribution >= 4 is 11.4 Å². The Hall–Kier alpha value is -1.62. The lowest BCUT2D eigenvalue weighted by Crippen LogP contribution is -2.38. The highest BCUT2D eigenvalue weighted by atomic mass is 16.6. The number of hydrogen-bond acceptors (Lipinski definition) is 4. The minimum Gasteiger partial charge on any atom is -0.366 e. The maximum atomic E-state index is 11.3. The molecule has 2 N–H and O–H groups in total. The van der Waals surface area contributed by atoms with Gasteiger partial charge in [0.25, 0.3) is 5.69 Å². The average molecular weight is 263 g/mol. The summed E-state index contributed by atoms with van der Waals surface area (Å²) < 4.78 is 0. The molecule has 0 radical (unpaired) electrons. The molecular weight excluding hydrogens is 242 g/mol. The third-order valence-electron chi connectivity index (χ3n) is 4.20. The second-order valence-electron chi connectivity index (χ2n) is 5.30. The molecule has 19 heavy (non-hydrogen) atoms. The number of para-hydroxylation sites is 1. The SMILES string of the molecule is Cc1cccc(N(C)C2CCCC2CN)c1[N+](=O)[O-]. The van der Waals surface area contributed by atoms with E-state index < -0.39 is 0 Å². The number of nitrogens with zero attached hydrogens (tertiary/aromatic N) is 2. The predicted molar refractivity (Wildman–Crippen MR) is 76.4 cm³/mol. The summed E-state index contributed by atoms with van der Waals surface area (Å²) in [5, 5.41) is 11.3. The van der Waals surface area contributed by atoms with Gasteiger partial charge in [0.1, 0.15) is 5.69 Å². The van der Waals surface area contributed by atoms with Crippen molar-refractivity contribution in [3.8, 4) is 0 Å². The lowest BCUT2D eigenvalue weighted by Gasteiger charge is -2.31. The van der Waals surface area contributed by atoms with Crippen LogP contribution in [0.4, 0.5) is 11.4 Å². The van der Waals surface area contributed by atoms with E-state index in [1.54, 1.807) is 13.0 Å². The normalized spacial score (nSPS) is 22.5. The minimum absolute atomic E-state index is 0.215. The molecule has 2 rings (SSSR count). The van der Waals surface area contributed by atoms with Gasteiger partial charge < -0.3 is 10.6 Å². The molecule has 1 aromatic carbocycles. The summed E-state index contributed by atoms with van der Waals surface area (Å²) in [4.78, 5) is 13.0. The van der Waals surface area contributed by atoms with Crippen molar-refractivity contribution in [1.29, 1.82) is 0 Å². The Kier molecular flexibility index (Phi) is 4.04. The highest BCUT2D eigenvalue weighted by Gasteiger charge is 2.32. The standard InChI is InChI=1S/C14H21N3O2/c1-10-5-3-8-13(14(10)17(18)19)16(2)12-7-4-6-11(12)9-15/h3,5,8,11-12H,4,6-7,9,15H2,1-2H3. The van der Waals surface area contributed by atoms with E-state index in [-0.39, 0.29) is 10.6 Å². The number of nitrogens with two attached hydrogens (primary N) is 1. The van der Waals surface area contributed by atoms with Gasteiger partial charge >= 0.3 is 0 Å². The molecule has 5 nitrogen and oxygen atoms in total. The zero-order chi connectivity index (χ0) is 14.0. The van der Waals surface area contributed by atoms with Gasteiger partial charge in [0.15, 0.2) is 0 Å². The number of aryl methyl sites for hydroxylation is 1. The molecule has 0 aliphatic heterocycles. The highest BCUT2D eigenvalue weighted by molar-refractivity contribution is 5.66. The first-order valence-corrected chi connectivity index (χ1v) is 6.73. The van der Waals surface area contributed by atoms with Crippen molar-refractivity contribution in [3.05, 3.63) is 33.9 Å². The molecule has 1 aliphatic rings. The largest absolute Gasteiger partial charge is 0.366 e. The molecule has 104 valence electrons. The average Bonchev–Trinajstić information content (AvgIpc) is 2.85. The molecule has 0 amide bonds. The Morgan fingerprint density at radius 1 is 1.47 bits per heavy atom. The topological polar surface area (TPSA) is 72.4 Å². The zero-order valence-corrected chi connectivity index (χ0v) is 11.5. The Labute approximate surface area is 113 Å². The highest BCUT2D eigenvalue weighted by Crippen LogP contribution is 2.37. The third kappa shape index (κ3) is 2.56. The summed E-state index contributed by atoms with van der Waals surface area (Å²) in [6, 6.07) is 5.80. The molecule has 0 spiro atoms. The number of nitro groups is 1. The fourth-order valence-electron chi connectivity index (χ4n) is 3.15. The summed E-state index contributed by atoms with van der Waals surface area (Å²) in [5.74, 6) is 0.435. The number of benzene rings is 1. The van der Waals surface area contributed by atoms with Gasteiger partial charge in [-0.1, -0.05) is 18.6 Å². The van der Waals surface area contributed by atoms with E-state index in [0.717, 1.165) is 19.3 Å². The molecule has 2 unspecified atom stereocenters. The Morgan fingerprint density at radius 3 is 2.84 bits per heavy atom. The van der Waals surface area contributed by atoms with Crippen molar-refractivity contribution < 1.29 is 4.92 Å². The molecule has 1 saturated carbocycles. The van der Waals surface area contributed by atoms with Crippen molar-refractivity contribution in [3.63, 3.8) is 0 Å². The van der Waals surface area contributed by atoms with E-state index in [1.807, 2.05) is 19.2 Å². The smallest absolute Gasteiger partial charge is 0.295 e. The molecule has 5 heteroatoms. The van der Waals surface area contributed by atoms with Gasteiger partial charge in [0.05, 0.1) is 4.92 Å². The molecule has 1 fully saturated rings. The van der Waals surface area contributed by atoms with Gasteiger partial charge in [-0.2, -0.15) is 0 Å². The van der Waals surface area contributed by atoms with Gasteiger partial charge in [-0.3, -0.25) is 10.1 Å². The summed E-state index contributed by atoms with van der Waals surface area (Å²) in [7, 11) is 1.94. The van der Waals surface area contributed by atoms with Crippen molar-refractivity contribution in [2.45, 2.75) is 32.2 Å². The summed E-state index contributed by atoms with van der Waals surface area (Å²) in [5.41, 5.74) is 7.43. The number of hydrogen-bond donors (Lipinski definition) is 1. The molecule has 0 aromatic heterocycles. The molecule has 1 aromatic rings. The monoisotopic (exact) mass is 263 g/mol. The first kappa shape index (κ1) is 13.8. The molecule has 1 aliphatic carbocycles. The molecular formula is C14H21N3O2. The lowest BCUT2D eigenvalue weighted by atomic mass is 10.0. The first-order chi connectivity index (χ1) is 9.06. The van der Waals surface area contributed by atoms with Crippen LogP contribution in [0.3, 0.4) is 0 Å². The molecule has 2 atom stereocenters. The van der Waals surface area contributed by atoms with Crippen molar-refractivity contribution in [2.24, 2.45) is 11.7 Å². The minimum atomic E-state index is -0.284. The van der Waals surface area contributed by atoms with E-state index in [1.165, 1.54) is 0 Å². The van der Waals surface area contributed by atoms with Crippen LogP contribution in [-0.4, -0.2) is 24.6 Å². The van der Waals surface area contributed by atoms with Crippen LogP contribution in [0.5, 0.6) is 0 Å².